The fourth-order valence-corrected chi connectivity index (χ4v) is 3.71. The highest BCUT2D eigenvalue weighted by Gasteiger charge is 2.32. The van der Waals surface area contributed by atoms with Crippen molar-refractivity contribution in [3.8, 4) is 0 Å². The van der Waals surface area contributed by atoms with Crippen LogP contribution in [0.3, 0.4) is 0 Å². The predicted molar refractivity (Wildman–Crippen MR) is 89.0 cm³/mol. The zero-order valence-electron chi connectivity index (χ0n) is 14.8. The molecule has 5 nitrogen and oxygen atoms in total. The van der Waals surface area contributed by atoms with E-state index in [0.29, 0.717) is 6.04 Å². The van der Waals surface area contributed by atoms with Crippen LogP contribution in [0.25, 0.3) is 0 Å². The molecule has 2 fully saturated rings. The molecule has 0 bridgehead atoms. The van der Waals surface area contributed by atoms with E-state index >= 15 is 0 Å². The number of hydrogen-bond donors (Lipinski definition) is 0. The van der Waals surface area contributed by atoms with Crippen LogP contribution in [0.15, 0.2) is 0 Å². The van der Waals surface area contributed by atoms with E-state index in [9.17, 15) is 4.79 Å². The Morgan fingerprint density at radius 2 is 1.91 bits per heavy atom. The molecule has 1 aliphatic heterocycles. The number of rotatable bonds is 5. The summed E-state index contributed by atoms with van der Waals surface area (Å²) in [5, 5.41) is 0. The smallest absolute Gasteiger partial charge is 0.239 e. The van der Waals surface area contributed by atoms with Crippen LogP contribution in [0, 0.1) is 0 Å². The second-order valence-electron chi connectivity index (χ2n) is 7.17. The van der Waals surface area contributed by atoms with Gasteiger partial charge in [0, 0.05) is 32.7 Å². The lowest BCUT2D eigenvalue weighted by Gasteiger charge is -2.40. The summed E-state index contributed by atoms with van der Waals surface area (Å²) < 4.78 is 5.82. The quantitative estimate of drug-likeness (QED) is 0.769. The topological polar surface area (TPSA) is 36.0 Å². The molecule has 0 aromatic carbocycles. The Bertz CT molecular complexity index is 356. The molecule has 1 heterocycles. The van der Waals surface area contributed by atoms with Crippen LogP contribution in [-0.4, -0.2) is 86.2 Å². The third-order valence-electron chi connectivity index (χ3n) is 5.11. The molecule has 2 rings (SSSR count). The minimum atomic E-state index is -0.0412. The highest BCUT2D eigenvalue weighted by Crippen LogP contribution is 2.23. The number of likely N-dealkylation sites (N-methyl/N-ethyl adjacent to an activating group) is 2. The molecule has 0 aromatic heterocycles. The van der Waals surface area contributed by atoms with Crippen molar-refractivity contribution in [2.45, 2.75) is 57.2 Å². The highest BCUT2D eigenvalue weighted by molar-refractivity contribution is 5.81. The van der Waals surface area contributed by atoms with E-state index < -0.39 is 0 Å². The Hall–Kier alpha value is -0.650. The summed E-state index contributed by atoms with van der Waals surface area (Å²) in [7, 11) is 6.12. The zero-order valence-corrected chi connectivity index (χ0v) is 14.8. The maximum atomic E-state index is 12.8. The van der Waals surface area contributed by atoms with Crippen LogP contribution < -0.4 is 0 Å². The minimum Gasteiger partial charge on any atom is -0.374 e. The minimum absolute atomic E-state index is 0.0412. The van der Waals surface area contributed by atoms with Crippen molar-refractivity contribution >= 4 is 5.91 Å². The fourth-order valence-electron chi connectivity index (χ4n) is 3.71. The van der Waals surface area contributed by atoms with E-state index in [1.807, 2.05) is 11.9 Å². The molecule has 0 aromatic rings. The summed E-state index contributed by atoms with van der Waals surface area (Å²) in [4.78, 5) is 19.3. The zero-order chi connectivity index (χ0) is 16.1. The first kappa shape index (κ1) is 17.7. The summed E-state index contributed by atoms with van der Waals surface area (Å²) in [6.07, 6.45) is 6.39. The molecule has 1 aliphatic carbocycles. The maximum Gasteiger partial charge on any atom is 0.239 e. The molecule has 1 saturated heterocycles. The first-order valence-corrected chi connectivity index (χ1v) is 8.76. The Morgan fingerprint density at radius 1 is 1.23 bits per heavy atom. The van der Waals surface area contributed by atoms with Crippen molar-refractivity contribution < 1.29 is 9.53 Å². The Kier molecular flexibility index (Phi) is 6.66. The Balaban J connectivity index is 1.88. The number of amides is 1. The van der Waals surface area contributed by atoms with Gasteiger partial charge in [0.2, 0.25) is 5.91 Å². The van der Waals surface area contributed by atoms with Crippen LogP contribution in [0.1, 0.15) is 39.0 Å². The van der Waals surface area contributed by atoms with Crippen LogP contribution in [0.5, 0.6) is 0 Å². The van der Waals surface area contributed by atoms with Crippen molar-refractivity contribution in [2.24, 2.45) is 0 Å². The van der Waals surface area contributed by atoms with Crippen molar-refractivity contribution in [1.82, 2.24) is 14.7 Å². The third kappa shape index (κ3) is 4.67. The number of nitrogens with zero attached hydrogens (tertiary/aromatic N) is 3. The SMILES string of the molecule is C[C@H](C(=O)N(C)C1CCCCC1)N1CCO[C@@H](CN(C)C)C1. The fraction of sp³-hybridized carbons (Fsp3) is 0.941. The summed E-state index contributed by atoms with van der Waals surface area (Å²) >= 11 is 0. The second-order valence-corrected chi connectivity index (χ2v) is 7.17. The molecule has 5 heteroatoms. The molecule has 128 valence electrons. The Labute approximate surface area is 135 Å². The van der Waals surface area contributed by atoms with Gasteiger partial charge in [0.15, 0.2) is 0 Å². The number of morpholine rings is 1. The lowest BCUT2D eigenvalue weighted by atomic mass is 9.94. The van der Waals surface area contributed by atoms with E-state index in [0.717, 1.165) is 26.2 Å². The van der Waals surface area contributed by atoms with E-state index in [4.69, 9.17) is 4.74 Å². The molecule has 0 radical (unpaired) electrons. The predicted octanol–water partition coefficient (Wildman–Crippen LogP) is 1.43. The van der Waals surface area contributed by atoms with Crippen molar-refractivity contribution in [1.29, 1.82) is 0 Å². The molecule has 1 saturated carbocycles. The van der Waals surface area contributed by atoms with E-state index in [1.165, 1.54) is 32.1 Å². The van der Waals surface area contributed by atoms with Crippen LogP contribution in [0.4, 0.5) is 0 Å². The van der Waals surface area contributed by atoms with Crippen molar-refractivity contribution in [2.75, 3.05) is 47.4 Å². The van der Waals surface area contributed by atoms with Crippen LogP contribution in [0.2, 0.25) is 0 Å². The molecule has 2 atom stereocenters. The van der Waals surface area contributed by atoms with Gasteiger partial charge >= 0.3 is 0 Å². The van der Waals surface area contributed by atoms with Gasteiger partial charge in [-0.3, -0.25) is 9.69 Å². The summed E-state index contributed by atoms with van der Waals surface area (Å²) in [5.41, 5.74) is 0. The summed E-state index contributed by atoms with van der Waals surface area (Å²) in [5.74, 6) is 0.275. The Morgan fingerprint density at radius 3 is 2.55 bits per heavy atom. The molecular formula is C17H33N3O2. The van der Waals surface area contributed by atoms with Crippen molar-refractivity contribution in [3.63, 3.8) is 0 Å². The van der Waals surface area contributed by atoms with Gasteiger partial charge in [-0.15, -0.1) is 0 Å². The first-order valence-electron chi connectivity index (χ1n) is 8.76. The van der Waals surface area contributed by atoms with E-state index in [1.54, 1.807) is 0 Å². The number of hydrogen-bond acceptors (Lipinski definition) is 4. The van der Waals surface area contributed by atoms with Gasteiger partial charge in [0.05, 0.1) is 18.8 Å². The van der Waals surface area contributed by atoms with Crippen LogP contribution in [-0.2, 0) is 9.53 Å². The maximum absolute atomic E-state index is 12.8. The summed E-state index contributed by atoms with van der Waals surface area (Å²) in [6.45, 7) is 5.40. The molecule has 0 unspecified atom stereocenters. The molecule has 1 amide bonds. The average Bonchev–Trinajstić information content (AvgIpc) is 2.53. The highest BCUT2D eigenvalue weighted by atomic mass is 16.5. The van der Waals surface area contributed by atoms with Gasteiger partial charge in [0.1, 0.15) is 0 Å². The monoisotopic (exact) mass is 311 g/mol. The van der Waals surface area contributed by atoms with Gasteiger partial charge in [-0.05, 0) is 33.9 Å². The van der Waals surface area contributed by atoms with E-state index in [2.05, 4.69) is 30.8 Å². The third-order valence-corrected chi connectivity index (χ3v) is 5.11. The van der Waals surface area contributed by atoms with Gasteiger partial charge < -0.3 is 14.5 Å². The molecule has 2 aliphatic rings. The van der Waals surface area contributed by atoms with Gasteiger partial charge in [-0.2, -0.15) is 0 Å². The van der Waals surface area contributed by atoms with Crippen molar-refractivity contribution in [3.05, 3.63) is 0 Å². The molecular weight excluding hydrogens is 278 g/mol. The second kappa shape index (κ2) is 8.27. The normalized spacial score (nSPS) is 26.1. The van der Waals surface area contributed by atoms with Gasteiger partial charge in [0.25, 0.3) is 0 Å². The molecule has 22 heavy (non-hydrogen) atoms. The number of carbonyl (C=O) groups excluding carboxylic acids is 1. The number of ether oxygens (including phenoxy) is 1. The molecule has 0 spiro atoms. The lowest BCUT2D eigenvalue weighted by Crippen LogP contribution is -2.55. The van der Waals surface area contributed by atoms with Gasteiger partial charge in [-0.1, -0.05) is 19.3 Å². The lowest BCUT2D eigenvalue weighted by molar-refractivity contribution is -0.141. The largest absolute Gasteiger partial charge is 0.374 e. The molecule has 0 N–H and O–H groups in total. The standard InChI is InChI=1S/C17H33N3O2/c1-14(17(21)19(4)15-8-6-5-7-9-15)20-10-11-22-16(13-20)12-18(2)3/h14-16H,5-13H2,1-4H3/t14-,16+/m1/s1. The average molecular weight is 311 g/mol. The first-order chi connectivity index (χ1) is 10.5. The number of carbonyl (C=O) groups is 1. The van der Waals surface area contributed by atoms with E-state index in [-0.39, 0.29) is 18.1 Å². The summed E-state index contributed by atoms with van der Waals surface area (Å²) in [6, 6.07) is 0.405. The van der Waals surface area contributed by atoms with Crippen LogP contribution >= 0.6 is 0 Å². The van der Waals surface area contributed by atoms with Gasteiger partial charge in [-0.25, -0.2) is 0 Å².